The zero-order valence-corrected chi connectivity index (χ0v) is 19.6. The molecule has 182 valence electrons. The lowest BCUT2D eigenvalue weighted by atomic mass is 10.1. The highest BCUT2D eigenvalue weighted by Crippen LogP contribution is 2.27. The second-order valence-corrected chi connectivity index (χ2v) is 7.61. The highest BCUT2D eigenvalue weighted by molar-refractivity contribution is 6.32. The lowest BCUT2D eigenvalue weighted by Gasteiger charge is -2.10. The molecule has 0 heterocycles. The van der Waals surface area contributed by atoms with E-state index in [0.717, 1.165) is 0 Å². The quantitative estimate of drug-likeness (QED) is 0.256. The molecule has 0 bridgehead atoms. The molecule has 0 fully saturated rings. The standard InChI is InChI=1S/C26H19ClFN3O5/c1-35-26(34)17-7-9-19(10-8-17)30-25(33)18(14-29)12-16-6-11-23(20(27)13-16)36-15-24(32)31-22-5-3-2-4-21(22)28/h2-13H,15H2,1H3,(H,30,33)(H,31,32)/b18-12-. The molecule has 8 nitrogen and oxygen atoms in total. The van der Waals surface area contributed by atoms with E-state index in [4.69, 9.17) is 16.3 Å². The number of halogens is 2. The number of carbonyl (C=O) groups is 3. The van der Waals surface area contributed by atoms with E-state index >= 15 is 0 Å². The van der Waals surface area contributed by atoms with Gasteiger partial charge in [-0.3, -0.25) is 9.59 Å². The molecule has 10 heteroatoms. The van der Waals surface area contributed by atoms with E-state index < -0.39 is 30.2 Å². The number of benzene rings is 3. The summed E-state index contributed by atoms with van der Waals surface area (Å²) in [6, 6.07) is 18.0. The van der Waals surface area contributed by atoms with Crippen LogP contribution in [-0.2, 0) is 14.3 Å². The van der Waals surface area contributed by atoms with Gasteiger partial charge < -0.3 is 20.1 Å². The first kappa shape index (κ1) is 25.9. The molecular weight excluding hydrogens is 489 g/mol. The monoisotopic (exact) mass is 507 g/mol. The van der Waals surface area contributed by atoms with Crippen LogP contribution >= 0.6 is 11.6 Å². The molecule has 3 rings (SSSR count). The second kappa shape index (κ2) is 12.1. The van der Waals surface area contributed by atoms with Gasteiger partial charge in [0, 0.05) is 5.69 Å². The normalized spacial score (nSPS) is 10.7. The molecule has 0 aliphatic carbocycles. The number of hydrogen-bond donors (Lipinski definition) is 2. The molecule has 36 heavy (non-hydrogen) atoms. The van der Waals surface area contributed by atoms with Gasteiger partial charge >= 0.3 is 5.97 Å². The molecule has 0 spiro atoms. The van der Waals surface area contributed by atoms with Crippen LogP contribution in [0.25, 0.3) is 6.08 Å². The Bertz CT molecular complexity index is 1370. The summed E-state index contributed by atoms with van der Waals surface area (Å²) in [6.07, 6.45) is 1.33. The SMILES string of the molecule is COC(=O)c1ccc(NC(=O)/C(C#N)=C\c2ccc(OCC(=O)Nc3ccccc3F)c(Cl)c2)cc1. The number of nitrogens with one attached hydrogen (secondary N) is 2. The van der Waals surface area contributed by atoms with Crippen LogP contribution in [0.1, 0.15) is 15.9 Å². The van der Waals surface area contributed by atoms with Crippen LogP contribution in [0, 0.1) is 17.1 Å². The number of rotatable bonds is 8. The molecule has 3 aromatic carbocycles. The number of carbonyl (C=O) groups excluding carboxylic acids is 3. The summed E-state index contributed by atoms with van der Waals surface area (Å²) in [7, 11) is 1.26. The van der Waals surface area contributed by atoms with Gasteiger partial charge in [-0.15, -0.1) is 0 Å². The number of methoxy groups -OCH3 is 1. The minimum Gasteiger partial charge on any atom is -0.482 e. The van der Waals surface area contributed by atoms with E-state index in [1.54, 1.807) is 12.1 Å². The number of anilines is 2. The Morgan fingerprint density at radius 1 is 1.06 bits per heavy atom. The zero-order chi connectivity index (χ0) is 26.1. The fourth-order valence-corrected chi connectivity index (χ4v) is 3.18. The molecule has 0 saturated carbocycles. The third kappa shape index (κ3) is 6.91. The van der Waals surface area contributed by atoms with Crippen LogP contribution in [0.15, 0.2) is 72.3 Å². The van der Waals surface area contributed by atoms with Crippen LogP contribution in [0.5, 0.6) is 5.75 Å². The highest BCUT2D eigenvalue weighted by Gasteiger charge is 2.13. The lowest BCUT2D eigenvalue weighted by molar-refractivity contribution is -0.118. The van der Waals surface area contributed by atoms with E-state index in [9.17, 15) is 24.0 Å². The summed E-state index contributed by atoms with van der Waals surface area (Å²) >= 11 is 6.22. The second-order valence-electron chi connectivity index (χ2n) is 7.20. The Morgan fingerprint density at radius 3 is 2.42 bits per heavy atom. The summed E-state index contributed by atoms with van der Waals surface area (Å²) in [5.41, 5.74) is 0.966. The molecule has 2 N–H and O–H groups in total. The van der Waals surface area contributed by atoms with Gasteiger partial charge in [0.2, 0.25) is 0 Å². The topological polar surface area (TPSA) is 118 Å². The first-order valence-corrected chi connectivity index (χ1v) is 10.8. The van der Waals surface area contributed by atoms with E-state index in [-0.39, 0.29) is 22.0 Å². The summed E-state index contributed by atoms with van der Waals surface area (Å²) in [4.78, 5) is 36.0. The molecule has 0 aliphatic heterocycles. The lowest BCUT2D eigenvalue weighted by Crippen LogP contribution is -2.20. The first-order valence-electron chi connectivity index (χ1n) is 10.4. The van der Waals surface area contributed by atoms with Crippen molar-refractivity contribution < 1.29 is 28.2 Å². The third-order valence-corrected chi connectivity index (χ3v) is 5.00. The van der Waals surface area contributed by atoms with Gasteiger partial charge in [0.05, 0.1) is 23.4 Å². The smallest absolute Gasteiger partial charge is 0.337 e. The molecule has 0 saturated heterocycles. The summed E-state index contributed by atoms with van der Waals surface area (Å²) in [5.74, 6) is -2.14. The van der Waals surface area contributed by atoms with E-state index in [2.05, 4.69) is 15.4 Å². The van der Waals surface area contributed by atoms with E-state index in [0.29, 0.717) is 16.8 Å². The Kier molecular flexibility index (Phi) is 8.75. The maximum atomic E-state index is 13.6. The van der Waals surface area contributed by atoms with Gasteiger partial charge in [-0.2, -0.15) is 5.26 Å². The summed E-state index contributed by atoms with van der Waals surface area (Å²) in [5, 5.41) is 14.5. The molecule has 0 radical (unpaired) electrons. The van der Waals surface area contributed by atoms with Crippen molar-refractivity contribution in [2.45, 2.75) is 0 Å². The average Bonchev–Trinajstić information content (AvgIpc) is 2.88. The van der Waals surface area contributed by atoms with Gasteiger partial charge in [-0.25, -0.2) is 9.18 Å². The summed E-state index contributed by atoms with van der Waals surface area (Å²) < 4.78 is 23.7. The number of nitrogens with zero attached hydrogens (tertiary/aromatic N) is 1. The van der Waals surface area contributed by atoms with Crippen molar-refractivity contribution in [3.8, 4) is 11.8 Å². The molecule has 0 unspecified atom stereocenters. The van der Waals surface area contributed by atoms with Crippen molar-refractivity contribution in [1.29, 1.82) is 5.26 Å². The number of amides is 2. The Balaban J connectivity index is 1.63. The van der Waals surface area contributed by atoms with Crippen LogP contribution < -0.4 is 15.4 Å². The predicted molar refractivity (Wildman–Crippen MR) is 132 cm³/mol. The fourth-order valence-electron chi connectivity index (χ4n) is 2.94. The number of hydrogen-bond acceptors (Lipinski definition) is 6. The van der Waals surface area contributed by atoms with Crippen molar-refractivity contribution >= 4 is 46.8 Å². The summed E-state index contributed by atoms with van der Waals surface area (Å²) in [6.45, 7) is -0.413. The Labute approximate surface area is 210 Å². The van der Waals surface area contributed by atoms with Gasteiger partial charge in [0.15, 0.2) is 6.61 Å². The number of ether oxygens (including phenoxy) is 2. The Hall–Kier alpha value is -4.68. The molecule has 0 atom stereocenters. The molecule has 2 amide bonds. The molecule has 3 aromatic rings. The van der Waals surface area contributed by atoms with Crippen LogP contribution in [-0.4, -0.2) is 31.5 Å². The largest absolute Gasteiger partial charge is 0.482 e. The first-order chi connectivity index (χ1) is 17.3. The van der Waals surface area contributed by atoms with Crippen LogP contribution in [0.3, 0.4) is 0 Å². The van der Waals surface area contributed by atoms with E-state index in [1.807, 2.05) is 6.07 Å². The van der Waals surface area contributed by atoms with E-state index in [1.165, 1.54) is 67.8 Å². The fraction of sp³-hybridized carbons (Fsp3) is 0.0769. The maximum absolute atomic E-state index is 13.6. The average molecular weight is 508 g/mol. The number of esters is 1. The van der Waals surface area contributed by atoms with Crippen molar-refractivity contribution in [3.05, 3.63) is 94.3 Å². The van der Waals surface area contributed by atoms with Crippen molar-refractivity contribution in [2.24, 2.45) is 0 Å². The zero-order valence-electron chi connectivity index (χ0n) is 18.9. The predicted octanol–water partition coefficient (Wildman–Crippen LogP) is 4.83. The van der Waals surface area contributed by atoms with Gasteiger partial charge in [0.25, 0.3) is 11.8 Å². The minimum atomic E-state index is -0.662. The van der Waals surface area contributed by atoms with Gasteiger partial charge in [-0.1, -0.05) is 29.8 Å². The van der Waals surface area contributed by atoms with Crippen molar-refractivity contribution in [2.75, 3.05) is 24.4 Å². The van der Waals surface area contributed by atoms with Crippen LogP contribution in [0.4, 0.5) is 15.8 Å². The minimum absolute atomic E-state index is 0.0272. The molecular formula is C26H19ClFN3O5. The highest BCUT2D eigenvalue weighted by atomic mass is 35.5. The maximum Gasteiger partial charge on any atom is 0.337 e. The Morgan fingerprint density at radius 2 is 1.78 bits per heavy atom. The third-order valence-electron chi connectivity index (χ3n) is 4.70. The van der Waals surface area contributed by atoms with Gasteiger partial charge in [-0.05, 0) is 60.2 Å². The van der Waals surface area contributed by atoms with Crippen molar-refractivity contribution in [1.82, 2.24) is 0 Å². The van der Waals surface area contributed by atoms with Gasteiger partial charge in [0.1, 0.15) is 23.2 Å². The number of nitriles is 1. The molecule has 0 aliphatic rings. The van der Waals surface area contributed by atoms with Crippen LogP contribution in [0.2, 0.25) is 5.02 Å². The molecule has 0 aromatic heterocycles. The van der Waals surface area contributed by atoms with Crippen molar-refractivity contribution in [3.63, 3.8) is 0 Å². The number of para-hydroxylation sites is 1.